The van der Waals surface area contributed by atoms with Gasteiger partial charge in [-0.1, -0.05) is 0 Å². The summed E-state index contributed by atoms with van der Waals surface area (Å²) in [5.74, 6) is 0.424. The van der Waals surface area contributed by atoms with Gasteiger partial charge in [-0.05, 0) is 28.1 Å². The second-order valence-electron chi connectivity index (χ2n) is 3.53. The fourth-order valence-electron chi connectivity index (χ4n) is 1.43. The van der Waals surface area contributed by atoms with Crippen molar-refractivity contribution in [2.24, 2.45) is 0 Å². The molecular formula is C12H11BrFN3O2. The minimum Gasteiger partial charge on any atom is -0.494 e. The Bertz CT molecular complexity index is 595. The Hall–Kier alpha value is -1.89. The van der Waals surface area contributed by atoms with E-state index in [1.54, 1.807) is 12.3 Å². The first-order chi connectivity index (χ1) is 9.13. The minimum atomic E-state index is -0.462. The van der Waals surface area contributed by atoms with Crippen molar-refractivity contribution >= 4 is 27.6 Å². The van der Waals surface area contributed by atoms with Crippen molar-refractivity contribution in [1.29, 1.82) is 0 Å². The highest BCUT2D eigenvalue weighted by atomic mass is 79.9. The molecule has 19 heavy (non-hydrogen) atoms. The van der Waals surface area contributed by atoms with E-state index in [0.29, 0.717) is 22.0 Å². The molecule has 0 aliphatic carbocycles. The number of anilines is 2. The molecule has 0 aliphatic heterocycles. The quantitative estimate of drug-likeness (QED) is 0.934. The summed E-state index contributed by atoms with van der Waals surface area (Å²) in [7, 11) is 2.91. The lowest BCUT2D eigenvalue weighted by Gasteiger charge is -2.08. The maximum absolute atomic E-state index is 13.5. The fraction of sp³-hybridized carbons (Fsp3) is 0.167. The molecule has 5 nitrogen and oxygen atoms in total. The fourth-order valence-corrected chi connectivity index (χ4v) is 1.78. The molecule has 0 saturated heterocycles. The van der Waals surface area contributed by atoms with E-state index in [1.807, 2.05) is 0 Å². The molecule has 0 amide bonds. The molecule has 1 aromatic heterocycles. The highest BCUT2D eigenvalue weighted by Crippen LogP contribution is 2.25. The lowest BCUT2D eigenvalue weighted by Crippen LogP contribution is -2.00. The van der Waals surface area contributed by atoms with Crippen LogP contribution in [0.4, 0.5) is 16.0 Å². The summed E-state index contributed by atoms with van der Waals surface area (Å²) in [6.45, 7) is 0. The van der Waals surface area contributed by atoms with Gasteiger partial charge in [-0.15, -0.1) is 0 Å². The Kier molecular flexibility index (Phi) is 4.16. The summed E-state index contributed by atoms with van der Waals surface area (Å²) < 4.78 is 24.1. The first kappa shape index (κ1) is 13.5. The number of nitrogens with one attached hydrogen (secondary N) is 1. The largest absolute Gasteiger partial charge is 0.494 e. The van der Waals surface area contributed by atoms with E-state index < -0.39 is 5.82 Å². The summed E-state index contributed by atoms with van der Waals surface area (Å²) in [5.41, 5.74) is 0.516. The van der Waals surface area contributed by atoms with Gasteiger partial charge in [0.25, 0.3) is 0 Å². The number of ether oxygens (including phenoxy) is 2. The normalized spacial score (nSPS) is 10.1. The van der Waals surface area contributed by atoms with Gasteiger partial charge in [0, 0.05) is 11.8 Å². The van der Waals surface area contributed by atoms with Gasteiger partial charge in [0.2, 0.25) is 11.8 Å². The standard InChI is InChI=1S/C12H11BrFN3O2/c1-18-10-4-3-7(5-9(10)14)16-12-15-6-8(13)11(17-12)19-2/h3-6H,1-2H3,(H,15,16,17). The summed E-state index contributed by atoms with van der Waals surface area (Å²) in [4.78, 5) is 8.16. The number of halogens is 2. The third-order valence-corrected chi connectivity index (χ3v) is 2.86. The predicted molar refractivity (Wildman–Crippen MR) is 72.5 cm³/mol. The Morgan fingerprint density at radius 1 is 1.26 bits per heavy atom. The van der Waals surface area contributed by atoms with Crippen LogP contribution in [0.15, 0.2) is 28.9 Å². The van der Waals surface area contributed by atoms with Gasteiger partial charge in [-0.2, -0.15) is 4.98 Å². The first-order valence-electron chi connectivity index (χ1n) is 5.31. The van der Waals surface area contributed by atoms with Gasteiger partial charge in [0.1, 0.15) is 0 Å². The van der Waals surface area contributed by atoms with Gasteiger partial charge in [0.05, 0.1) is 24.9 Å². The van der Waals surface area contributed by atoms with Crippen LogP contribution in [0.1, 0.15) is 0 Å². The number of hydrogen-bond donors (Lipinski definition) is 1. The van der Waals surface area contributed by atoms with Crippen molar-refractivity contribution in [3.8, 4) is 11.6 Å². The molecule has 0 spiro atoms. The monoisotopic (exact) mass is 327 g/mol. The molecule has 2 rings (SSSR count). The topological polar surface area (TPSA) is 56.3 Å². The van der Waals surface area contributed by atoms with Crippen LogP contribution in [0.5, 0.6) is 11.6 Å². The van der Waals surface area contributed by atoms with Crippen LogP contribution in [-0.2, 0) is 0 Å². The Labute approximate surface area is 117 Å². The SMILES string of the molecule is COc1ccc(Nc2ncc(Br)c(OC)n2)cc1F. The number of benzene rings is 1. The smallest absolute Gasteiger partial charge is 0.232 e. The Morgan fingerprint density at radius 3 is 2.68 bits per heavy atom. The number of aromatic nitrogens is 2. The zero-order valence-electron chi connectivity index (χ0n) is 10.3. The van der Waals surface area contributed by atoms with Crippen molar-refractivity contribution < 1.29 is 13.9 Å². The predicted octanol–water partition coefficient (Wildman–Crippen LogP) is 3.14. The molecule has 0 aliphatic rings. The van der Waals surface area contributed by atoms with Gasteiger partial charge in [-0.25, -0.2) is 9.37 Å². The van der Waals surface area contributed by atoms with Crippen molar-refractivity contribution in [2.75, 3.05) is 19.5 Å². The molecular weight excluding hydrogens is 317 g/mol. The highest BCUT2D eigenvalue weighted by molar-refractivity contribution is 9.10. The summed E-state index contributed by atoms with van der Waals surface area (Å²) in [5, 5.41) is 2.88. The van der Waals surface area contributed by atoms with Gasteiger partial charge in [0.15, 0.2) is 11.6 Å². The van der Waals surface area contributed by atoms with E-state index in [1.165, 1.54) is 26.4 Å². The first-order valence-corrected chi connectivity index (χ1v) is 6.10. The van der Waals surface area contributed by atoms with E-state index >= 15 is 0 Å². The van der Waals surface area contributed by atoms with Crippen LogP contribution >= 0.6 is 15.9 Å². The van der Waals surface area contributed by atoms with Gasteiger partial charge < -0.3 is 14.8 Å². The number of methoxy groups -OCH3 is 2. The van der Waals surface area contributed by atoms with E-state index in [2.05, 4.69) is 31.2 Å². The molecule has 1 heterocycles. The average Bonchev–Trinajstić information content (AvgIpc) is 2.41. The molecule has 0 saturated carbocycles. The van der Waals surface area contributed by atoms with Crippen LogP contribution in [-0.4, -0.2) is 24.2 Å². The second-order valence-corrected chi connectivity index (χ2v) is 4.38. The summed E-state index contributed by atoms with van der Waals surface area (Å²) in [6.07, 6.45) is 1.55. The minimum absolute atomic E-state index is 0.180. The number of hydrogen-bond acceptors (Lipinski definition) is 5. The molecule has 1 aromatic carbocycles. The molecule has 1 N–H and O–H groups in total. The zero-order valence-corrected chi connectivity index (χ0v) is 11.9. The highest BCUT2D eigenvalue weighted by Gasteiger charge is 2.07. The number of nitrogens with zero attached hydrogens (tertiary/aromatic N) is 2. The molecule has 100 valence electrons. The molecule has 0 bridgehead atoms. The van der Waals surface area contributed by atoms with E-state index in [9.17, 15) is 4.39 Å². The number of rotatable bonds is 4. The average molecular weight is 328 g/mol. The maximum Gasteiger partial charge on any atom is 0.232 e. The Balaban J connectivity index is 2.23. The molecule has 0 fully saturated rings. The summed E-state index contributed by atoms with van der Waals surface area (Å²) >= 11 is 3.25. The van der Waals surface area contributed by atoms with Crippen molar-refractivity contribution in [3.05, 3.63) is 34.7 Å². The molecule has 0 unspecified atom stereocenters. The third kappa shape index (κ3) is 3.11. The van der Waals surface area contributed by atoms with Crippen LogP contribution < -0.4 is 14.8 Å². The van der Waals surface area contributed by atoms with E-state index in [-0.39, 0.29) is 5.75 Å². The van der Waals surface area contributed by atoms with Gasteiger partial charge >= 0.3 is 0 Å². The lowest BCUT2D eigenvalue weighted by molar-refractivity contribution is 0.386. The maximum atomic E-state index is 13.5. The third-order valence-electron chi connectivity index (χ3n) is 2.31. The van der Waals surface area contributed by atoms with Crippen LogP contribution in [0.2, 0.25) is 0 Å². The summed E-state index contributed by atoms with van der Waals surface area (Å²) in [6, 6.07) is 4.49. The zero-order chi connectivity index (χ0) is 13.8. The van der Waals surface area contributed by atoms with Crippen molar-refractivity contribution in [2.45, 2.75) is 0 Å². The van der Waals surface area contributed by atoms with E-state index in [4.69, 9.17) is 9.47 Å². The molecule has 0 atom stereocenters. The van der Waals surface area contributed by atoms with Crippen molar-refractivity contribution in [3.63, 3.8) is 0 Å². The lowest BCUT2D eigenvalue weighted by atomic mass is 10.3. The van der Waals surface area contributed by atoms with Crippen LogP contribution in [0, 0.1) is 5.82 Å². The Morgan fingerprint density at radius 2 is 2.05 bits per heavy atom. The van der Waals surface area contributed by atoms with E-state index in [0.717, 1.165) is 0 Å². The van der Waals surface area contributed by atoms with Crippen LogP contribution in [0.25, 0.3) is 0 Å². The molecule has 0 radical (unpaired) electrons. The van der Waals surface area contributed by atoms with Gasteiger partial charge in [-0.3, -0.25) is 0 Å². The van der Waals surface area contributed by atoms with Crippen molar-refractivity contribution in [1.82, 2.24) is 9.97 Å². The van der Waals surface area contributed by atoms with Crippen LogP contribution in [0.3, 0.4) is 0 Å². The molecule has 7 heteroatoms. The molecule has 2 aromatic rings. The second kappa shape index (κ2) is 5.83.